The molecule has 4 N–H and O–H groups in total. The second kappa shape index (κ2) is 6.36. The van der Waals surface area contributed by atoms with Crippen molar-refractivity contribution in [1.82, 2.24) is 5.32 Å². The Hall–Kier alpha value is -1.11. The summed E-state index contributed by atoms with van der Waals surface area (Å²) in [5, 5.41) is 12.4. The Bertz CT molecular complexity index is 598. The zero-order chi connectivity index (χ0) is 13.8. The maximum absolute atomic E-state index is 12.0. The first kappa shape index (κ1) is 14.3. The van der Waals surface area contributed by atoms with Gasteiger partial charge in [-0.1, -0.05) is 22.0 Å². The van der Waals surface area contributed by atoms with Crippen molar-refractivity contribution < 1.29 is 9.90 Å². The van der Waals surface area contributed by atoms with Gasteiger partial charge in [0.15, 0.2) is 0 Å². The number of nitrogens with one attached hydrogen (secondary N) is 1. The molecular formula is C13H15BrN2O2S. The number of nitrogen functional groups attached to an aromatic ring is 1. The molecule has 0 aliphatic carbocycles. The Labute approximate surface area is 123 Å². The topological polar surface area (TPSA) is 75.4 Å². The van der Waals surface area contributed by atoms with E-state index in [1.807, 2.05) is 18.2 Å². The van der Waals surface area contributed by atoms with E-state index in [1.54, 1.807) is 0 Å². The predicted octanol–water partition coefficient (Wildman–Crippen LogP) is 2.75. The summed E-state index contributed by atoms with van der Waals surface area (Å²) in [5.41, 5.74) is 6.55. The van der Waals surface area contributed by atoms with Crippen LogP contribution in [0.2, 0.25) is 0 Å². The highest BCUT2D eigenvalue weighted by molar-refractivity contribution is 9.10. The van der Waals surface area contributed by atoms with Crippen LogP contribution in [0, 0.1) is 0 Å². The number of thiophene rings is 1. The van der Waals surface area contributed by atoms with Crippen molar-refractivity contribution in [3.05, 3.63) is 27.5 Å². The van der Waals surface area contributed by atoms with Crippen molar-refractivity contribution in [2.24, 2.45) is 0 Å². The minimum Gasteiger partial charge on any atom is -0.397 e. The van der Waals surface area contributed by atoms with E-state index in [0.717, 1.165) is 21.0 Å². The first-order chi connectivity index (χ1) is 9.13. The number of aliphatic hydroxyl groups excluding tert-OH is 1. The van der Waals surface area contributed by atoms with Crippen LogP contribution in [0.1, 0.15) is 22.5 Å². The Kier molecular flexibility index (Phi) is 4.79. The summed E-state index contributed by atoms with van der Waals surface area (Å²) in [5.74, 6) is -0.146. The van der Waals surface area contributed by atoms with Crippen molar-refractivity contribution >= 4 is 48.9 Å². The molecule has 0 unspecified atom stereocenters. The molecular weight excluding hydrogens is 328 g/mol. The number of carbonyl (C=O) groups excluding carboxylic acids is 1. The molecule has 0 atom stereocenters. The molecule has 0 fully saturated rings. The average molecular weight is 343 g/mol. The van der Waals surface area contributed by atoms with Gasteiger partial charge in [-0.2, -0.15) is 0 Å². The zero-order valence-electron chi connectivity index (χ0n) is 10.3. The second-order valence-electron chi connectivity index (χ2n) is 4.17. The molecule has 0 spiro atoms. The van der Waals surface area contributed by atoms with Gasteiger partial charge in [0.2, 0.25) is 0 Å². The van der Waals surface area contributed by atoms with Crippen LogP contribution >= 0.6 is 27.3 Å². The zero-order valence-corrected chi connectivity index (χ0v) is 12.7. The van der Waals surface area contributed by atoms with Gasteiger partial charge in [0.1, 0.15) is 4.88 Å². The Morgan fingerprint density at radius 3 is 2.95 bits per heavy atom. The molecule has 2 rings (SSSR count). The molecule has 19 heavy (non-hydrogen) atoms. The summed E-state index contributed by atoms with van der Waals surface area (Å²) in [4.78, 5) is 12.6. The van der Waals surface area contributed by atoms with Crippen LogP contribution in [0.4, 0.5) is 5.69 Å². The fourth-order valence-corrected chi connectivity index (χ4v) is 3.37. The number of aliphatic hydroxyl groups is 1. The summed E-state index contributed by atoms with van der Waals surface area (Å²) in [7, 11) is 0. The highest BCUT2D eigenvalue weighted by Crippen LogP contribution is 2.35. The number of hydrogen-bond donors (Lipinski definition) is 3. The number of carbonyl (C=O) groups is 1. The van der Waals surface area contributed by atoms with E-state index < -0.39 is 0 Å². The largest absolute Gasteiger partial charge is 0.397 e. The molecule has 0 saturated carbocycles. The highest BCUT2D eigenvalue weighted by Gasteiger charge is 2.15. The van der Waals surface area contributed by atoms with E-state index in [2.05, 4.69) is 21.2 Å². The number of rotatable bonds is 5. The average Bonchev–Trinajstić information content (AvgIpc) is 2.71. The lowest BCUT2D eigenvalue weighted by molar-refractivity contribution is 0.0957. The number of halogens is 1. The summed E-state index contributed by atoms with van der Waals surface area (Å²) in [6, 6.07) is 5.78. The lowest BCUT2D eigenvalue weighted by atomic mass is 10.2. The van der Waals surface area contributed by atoms with Gasteiger partial charge in [-0.15, -0.1) is 11.3 Å². The van der Waals surface area contributed by atoms with Gasteiger partial charge in [-0.3, -0.25) is 4.79 Å². The highest BCUT2D eigenvalue weighted by atomic mass is 79.9. The van der Waals surface area contributed by atoms with E-state index in [1.165, 1.54) is 11.3 Å². The van der Waals surface area contributed by atoms with Gasteiger partial charge in [-0.05, 0) is 25.0 Å². The Morgan fingerprint density at radius 2 is 2.21 bits per heavy atom. The first-order valence-electron chi connectivity index (χ1n) is 6.00. The monoisotopic (exact) mass is 342 g/mol. The number of hydrogen-bond acceptors (Lipinski definition) is 4. The van der Waals surface area contributed by atoms with Crippen LogP contribution in [0.5, 0.6) is 0 Å². The fraction of sp³-hybridized carbons (Fsp3) is 0.308. The second-order valence-corrected chi connectivity index (χ2v) is 6.14. The van der Waals surface area contributed by atoms with Gasteiger partial charge in [0, 0.05) is 27.7 Å². The van der Waals surface area contributed by atoms with Crippen LogP contribution < -0.4 is 11.1 Å². The van der Waals surface area contributed by atoms with Crippen LogP contribution in [-0.2, 0) is 0 Å². The molecule has 1 amide bonds. The summed E-state index contributed by atoms with van der Waals surface area (Å²) in [6.07, 6.45) is 1.45. The van der Waals surface area contributed by atoms with Crippen LogP contribution in [0.3, 0.4) is 0 Å². The Morgan fingerprint density at radius 1 is 1.42 bits per heavy atom. The standard InChI is InChI=1S/C13H15BrN2O2S/c14-8-3-4-9-10(7-8)19-12(11(9)15)13(18)16-5-1-2-6-17/h3-4,7,17H,1-2,5-6,15H2,(H,16,18). The third-order valence-electron chi connectivity index (χ3n) is 2.77. The van der Waals surface area contributed by atoms with Crippen molar-refractivity contribution in [3.8, 4) is 0 Å². The minimum atomic E-state index is -0.146. The van der Waals surface area contributed by atoms with Crippen molar-refractivity contribution in [2.75, 3.05) is 18.9 Å². The lowest BCUT2D eigenvalue weighted by Gasteiger charge is -2.03. The smallest absolute Gasteiger partial charge is 0.263 e. The molecule has 6 heteroatoms. The molecule has 1 aromatic carbocycles. The minimum absolute atomic E-state index is 0.146. The van der Waals surface area contributed by atoms with Crippen LogP contribution in [0.25, 0.3) is 10.1 Å². The summed E-state index contributed by atoms with van der Waals surface area (Å²) >= 11 is 4.80. The van der Waals surface area contributed by atoms with E-state index in [4.69, 9.17) is 10.8 Å². The third kappa shape index (κ3) is 3.26. The number of nitrogens with two attached hydrogens (primary N) is 1. The van der Waals surface area contributed by atoms with E-state index in [9.17, 15) is 4.79 Å². The van der Waals surface area contributed by atoms with Gasteiger partial charge in [0.25, 0.3) is 5.91 Å². The molecule has 0 aliphatic heterocycles. The molecule has 0 bridgehead atoms. The molecule has 2 aromatic rings. The number of fused-ring (bicyclic) bond motifs is 1. The first-order valence-corrected chi connectivity index (χ1v) is 7.61. The van der Waals surface area contributed by atoms with Crippen LogP contribution in [0.15, 0.2) is 22.7 Å². The molecule has 102 valence electrons. The van der Waals surface area contributed by atoms with E-state index in [-0.39, 0.29) is 12.5 Å². The number of benzene rings is 1. The number of amides is 1. The SMILES string of the molecule is Nc1c(C(=O)NCCCCO)sc2cc(Br)ccc12. The lowest BCUT2D eigenvalue weighted by Crippen LogP contribution is -2.24. The van der Waals surface area contributed by atoms with E-state index in [0.29, 0.717) is 23.5 Å². The molecule has 1 aromatic heterocycles. The van der Waals surface area contributed by atoms with E-state index >= 15 is 0 Å². The van der Waals surface area contributed by atoms with Gasteiger partial charge < -0.3 is 16.2 Å². The maximum atomic E-state index is 12.0. The normalized spacial score (nSPS) is 10.8. The van der Waals surface area contributed by atoms with Gasteiger partial charge in [0.05, 0.1) is 5.69 Å². The summed E-state index contributed by atoms with van der Waals surface area (Å²) in [6.45, 7) is 0.700. The molecule has 0 aliphatic rings. The molecule has 1 heterocycles. The molecule has 0 radical (unpaired) electrons. The van der Waals surface area contributed by atoms with Gasteiger partial charge >= 0.3 is 0 Å². The Balaban J connectivity index is 2.15. The van der Waals surface area contributed by atoms with Crippen molar-refractivity contribution in [2.45, 2.75) is 12.8 Å². The molecule has 0 saturated heterocycles. The van der Waals surface area contributed by atoms with Crippen LogP contribution in [-0.4, -0.2) is 24.2 Å². The van der Waals surface area contributed by atoms with Crippen molar-refractivity contribution in [3.63, 3.8) is 0 Å². The third-order valence-corrected chi connectivity index (χ3v) is 4.43. The van der Waals surface area contributed by atoms with Crippen molar-refractivity contribution in [1.29, 1.82) is 0 Å². The predicted molar refractivity (Wildman–Crippen MR) is 82.6 cm³/mol. The quantitative estimate of drug-likeness (QED) is 0.731. The number of unbranched alkanes of at least 4 members (excludes halogenated alkanes) is 1. The maximum Gasteiger partial charge on any atom is 0.263 e. The molecule has 4 nitrogen and oxygen atoms in total. The van der Waals surface area contributed by atoms with Gasteiger partial charge in [-0.25, -0.2) is 0 Å². The fourth-order valence-electron chi connectivity index (χ4n) is 1.78. The number of anilines is 1. The summed E-state index contributed by atoms with van der Waals surface area (Å²) < 4.78 is 1.96.